The number of rotatable bonds is 4. The van der Waals surface area contributed by atoms with E-state index in [2.05, 4.69) is 5.32 Å². The van der Waals surface area contributed by atoms with Gasteiger partial charge in [0.15, 0.2) is 0 Å². The lowest BCUT2D eigenvalue weighted by Gasteiger charge is -2.08. The van der Waals surface area contributed by atoms with E-state index in [1.165, 1.54) is 4.90 Å². The SMILES string of the molecule is CC.CN(C)C(=O)CCNC=O. The van der Waals surface area contributed by atoms with Crippen LogP contribution < -0.4 is 5.32 Å². The third kappa shape index (κ3) is 8.94. The number of hydrogen-bond acceptors (Lipinski definition) is 2. The fraction of sp³-hybridized carbons (Fsp3) is 0.750. The summed E-state index contributed by atoms with van der Waals surface area (Å²) >= 11 is 0. The van der Waals surface area contributed by atoms with Crippen molar-refractivity contribution in [3.05, 3.63) is 0 Å². The van der Waals surface area contributed by atoms with Gasteiger partial charge >= 0.3 is 0 Å². The molecule has 0 aliphatic heterocycles. The normalized spacial score (nSPS) is 7.67. The van der Waals surface area contributed by atoms with E-state index in [1.807, 2.05) is 13.8 Å². The maximum atomic E-state index is 10.8. The van der Waals surface area contributed by atoms with Gasteiger partial charge in [0, 0.05) is 27.1 Å². The van der Waals surface area contributed by atoms with E-state index in [-0.39, 0.29) is 5.91 Å². The average molecular weight is 174 g/mol. The summed E-state index contributed by atoms with van der Waals surface area (Å²) in [6.45, 7) is 4.42. The predicted molar refractivity (Wildman–Crippen MR) is 48.7 cm³/mol. The second-order valence-corrected chi connectivity index (χ2v) is 2.11. The predicted octanol–water partition coefficient (Wildman–Crippen LogP) is 0.237. The number of nitrogens with one attached hydrogen (secondary N) is 1. The summed E-state index contributed by atoms with van der Waals surface area (Å²) in [4.78, 5) is 22.0. The maximum Gasteiger partial charge on any atom is 0.223 e. The van der Waals surface area contributed by atoms with Gasteiger partial charge in [-0.1, -0.05) is 13.8 Å². The highest BCUT2D eigenvalue weighted by atomic mass is 16.2. The van der Waals surface area contributed by atoms with Crippen LogP contribution in [-0.4, -0.2) is 37.9 Å². The molecule has 1 N–H and O–H groups in total. The van der Waals surface area contributed by atoms with Crippen LogP contribution in [0.15, 0.2) is 0 Å². The smallest absolute Gasteiger partial charge is 0.223 e. The Hall–Kier alpha value is -1.06. The van der Waals surface area contributed by atoms with Crippen LogP contribution in [0.4, 0.5) is 0 Å². The Bertz CT molecular complexity index is 124. The van der Waals surface area contributed by atoms with Crippen molar-refractivity contribution in [1.29, 1.82) is 0 Å². The van der Waals surface area contributed by atoms with Gasteiger partial charge in [-0.2, -0.15) is 0 Å². The number of carbonyl (C=O) groups is 2. The highest BCUT2D eigenvalue weighted by molar-refractivity contribution is 5.75. The Morgan fingerprint density at radius 1 is 1.42 bits per heavy atom. The first kappa shape index (κ1) is 13.5. The van der Waals surface area contributed by atoms with Gasteiger partial charge in [0.2, 0.25) is 12.3 Å². The topological polar surface area (TPSA) is 49.4 Å². The summed E-state index contributed by atoms with van der Waals surface area (Å²) in [5.74, 6) is 0.0225. The molecule has 0 rings (SSSR count). The molecule has 0 aromatic rings. The van der Waals surface area contributed by atoms with Crippen molar-refractivity contribution in [3.63, 3.8) is 0 Å². The Kier molecular flexibility index (Phi) is 11.2. The quantitative estimate of drug-likeness (QED) is 0.490. The molecule has 0 fully saturated rings. The molecular formula is C8H18N2O2. The fourth-order valence-corrected chi connectivity index (χ4v) is 0.462. The van der Waals surface area contributed by atoms with Crippen molar-refractivity contribution in [1.82, 2.24) is 10.2 Å². The fourth-order valence-electron chi connectivity index (χ4n) is 0.462. The van der Waals surface area contributed by atoms with Gasteiger partial charge in [0.1, 0.15) is 0 Å². The van der Waals surface area contributed by atoms with E-state index in [0.717, 1.165) is 0 Å². The molecule has 0 saturated carbocycles. The van der Waals surface area contributed by atoms with Gasteiger partial charge in [-0.05, 0) is 0 Å². The summed E-state index contributed by atoms with van der Waals surface area (Å²) < 4.78 is 0. The van der Waals surface area contributed by atoms with Gasteiger partial charge in [0.05, 0.1) is 0 Å². The van der Waals surface area contributed by atoms with Crippen LogP contribution >= 0.6 is 0 Å². The van der Waals surface area contributed by atoms with Crippen molar-refractivity contribution in [2.45, 2.75) is 20.3 Å². The summed E-state index contributed by atoms with van der Waals surface area (Å²) in [5.41, 5.74) is 0. The van der Waals surface area contributed by atoms with Crippen LogP contribution in [0.25, 0.3) is 0 Å². The molecule has 0 unspecified atom stereocenters. The molecule has 4 heteroatoms. The van der Waals surface area contributed by atoms with Crippen LogP contribution in [0.5, 0.6) is 0 Å². The first-order chi connectivity index (χ1) is 5.68. The molecule has 2 amide bonds. The van der Waals surface area contributed by atoms with Gasteiger partial charge in [-0.3, -0.25) is 9.59 Å². The number of amides is 2. The van der Waals surface area contributed by atoms with Crippen molar-refractivity contribution in [3.8, 4) is 0 Å². The number of carbonyl (C=O) groups excluding carboxylic acids is 2. The lowest BCUT2D eigenvalue weighted by molar-refractivity contribution is -0.128. The van der Waals surface area contributed by atoms with E-state index in [1.54, 1.807) is 14.1 Å². The first-order valence-electron chi connectivity index (χ1n) is 4.05. The van der Waals surface area contributed by atoms with E-state index in [4.69, 9.17) is 0 Å². The van der Waals surface area contributed by atoms with Crippen LogP contribution in [0.3, 0.4) is 0 Å². The van der Waals surface area contributed by atoms with Crippen molar-refractivity contribution in [2.75, 3.05) is 20.6 Å². The van der Waals surface area contributed by atoms with E-state index in [9.17, 15) is 9.59 Å². The minimum Gasteiger partial charge on any atom is -0.358 e. The molecule has 0 spiro atoms. The van der Waals surface area contributed by atoms with Crippen LogP contribution in [0.1, 0.15) is 20.3 Å². The van der Waals surface area contributed by atoms with Crippen LogP contribution in [0, 0.1) is 0 Å². The molecule has 0 aliphatic carbocycles. The summed E-state index contributed by atoms with van der Waals surface area (Å²) in [6, 6.07) is 0. The molecule has 72 valence electrons. The average Bonchev–Trinajstić information content (AvgIpc) is 2.08. The molecule has 0 aromatic heterocycles. The van der Waals surface area contributed by atoms with Crippen molar-refractivity contribution >= 4 is 12.3 Å². The standard InChI is InChI=1S/C6H12N2O2.C2H6/c1-8(2)6(10)3-4-7-5-9;1-2/h5H,3-4H2,1-2H3,(H,7,9);1-2H3. The maximum absolute atomic E-state index is 10.8. The third-order valence-electron chi connectivity index (χ3n) is 1.07. The second-order valence-electron chi connectivity index (χ2n) is 2.11. The zero-order chi connectivity index (χ0) is 9.98. The summed E-state index contributed by atoms with van der Waals surface area (Å²) in [6.07, 6.45) is 0.953. The second kappa shape index (κ2) is 9.94. The minimum absolute atomic E-state index is 0.0225. The molecule has 0 aromatic carbocycles. The molecule has 0 bridgehead atoms. The first-order valence-corrected chi connectivity index (χ1v) is 4.05. The molecule has 0 saturated heterocycles. The molecule has 12 heavy (non-hydrogen) atoms. The molecule has 0 atom stereocenters. The largest absolute Gasteiger partial charge is 0.358 e. The summed E-state index contributed by atoms with van der Waals surface area (Å²) in [7, 11) is 3.37. The van der Waals surface area contributed by atoms with Crippen LogP contribution in [0.2, 0.25) is 0 Å². The van der Waals surface area contributed by atoms with Crippen LogP contribution in [-0.2, 0) is 9.59 Å². The Balaban J connectivity index is 0. The van der Waals surface area contributed by atoms with E-state index < -0.39 is 0 Å². The Labute approximate surface area is 73.9 Å². The molecular weight excluding hydrogens is 156 g/mol. The zero-order valence-corrected chi connectivity index (χ0v) is 8.26. The third-order valence-corrected chi connectivity index (χ3v) is 1.07. The lowest BCUT2D eigenvalue weighted by atomic mass is 10.4. The summed E-state index contributed by atoms with van der Waals surface area (Å²) in [5, 5.41) is 2.41. The highest BCUT2D eigenvalue weighted by Crippen LogP contribution is 1.83. The molecule has 4 nitrogen and oxygen atoms in total. The molecule has 0 aliphatic rings. The van der Waals surface area contributed by atoms with Crippen molar-refractivity contribution < 1.29 is 9.59 Å². The van der Waals surface area contributed by atoms with Gasteiger partial charge < -0.3 is 10.2 Å². The van der Waals surface area contributed by atoms with Gasteiger partial charge in [-0.25, -0.2) is 0 Å². The number of hydrogen-bond donors (Lipinski definition) is 1. The monoisotopic (exact) mass is 174 g/mol. The van der Waals surface area contributed by atoms with Gasteiger partial charge in [0.25, 0.3) is 0 Å². The zero-order valence-electron chi connectivity index (χ0n) is 8.26. The highest BCUT2D eigenvalue weighted by Gasteiger charge is 2.00. The Morgan fingerprint density at radius 3 is 2.25 bits per heavy atom. The van der Waals surface area contributed by atoms with E-state index >= 15 is 0 Å². The van der Waals surface area contributed by atoms with Gasteiger partial charge in [-0.15, -0.1) is 0 Å². The lowest BCUT2D eigenvalue weighted by Crippen LogP contribution is -2.26. The molecule has 0 heterocycles. The van der Waals surface area contributed by atoms with E-state index in [0.29, 0.717) is 19.4 Å². The molecule has 0 radical (unpaired) electrons. The minimum atomic E-state index is 0.0225. The van der Waals surface area contributed by atoms with Crippen molar-refractivity contribution in [2.24, 2.45) is 0 Å². The number of nitrogens with zero attached hydrogens (tertiary/aromatic N) is 1. The Morgan fingerprint density at radius 2 is 1.92 bits per heavy atom.